The van der Waals surface area contributed by atoms with E-state index < -0.39 is 0 Å². The molecule has 1 aliphatic rings. The minimum atomic E-state index is 0.0127. The molecule has 10 aromatic rings. The van der Waals surface area contributed by atoms with Gasteiger partial charge in [-0.3, -0.25) is 0 Å². The predicted molar refractivity (Wildman–Crippen MR) is 261 cm³/mol. The minimum Gasteiger partial charge on any atom is -0.505 e. The molecule has 0 saturated carbocycles. The van der Waals surface area contributed by atoms with Gasteiger partial charge in [-0.05, 0) is 85.6 Å². The van der Waals surface area contributed by atoms with Crippen LogP contribution in [0.1, 0.15) is 11.1 Å². The van der Waals surface area contributed by atoms with Crippen LogP contribution in [0, 0.1) is 25.7 Å². The lowest BCUT2D eigenvalue weighted by molar-refractivity contribution is 0.193. The molecule has 0 aliphatic heterocycles. The van der Waals surface area contributed by atoms with Crippen molar-refractivity contribution in [3.05, 3.63) is 205 Å². The van der Waals surface area contributed by atoms with Gasteiger partial charge in [0.1, 0.15) is 23.0 Å². The van der Waals surface area contributed by atoms with Crippen LogP contribution in [0.2, 0.25) is 0 Å². The Kier molecular flexibility index (Phi) is 9.77. The van der Waals surface area contributed by atoms with Crippen LogP contribution in [0.25, 0.3) is 77.2 Å². The molecule has 64 heavy (non-hydrogen) atoms. The molecule has 312 valence electrons. The zero-order chi connectivity index (χ0) is 43.3. The Morgan fingerprint density at radius 3 is 1.11 bits per heavy atom. The highest BCUT2D eigenvalue weighted by atomic mass is 16.5. The van der Waals surface area contributed by atoms with Crippen LogP contribution in [0.4, 0.5) is 0 Å². The van der Waals surface area contributed by atoms with Crippen LogP contribution in [-0.4, -0.2) is 32.6 Å². The molecule has 2 heterocycles. The lowest BCUT2D eigenvalue weighted by Crippen LogP contribution is -2.25. The Hall–Kier alpha value is -7.96. The van der Waals surface area contributed by atoms with Crippen molar-refractivity contribution in [3.8, 4) is 56.6 Å². The van der Waals surface area contributed by atoms with Gasteiger partial charge < -0.3 is 28.8 Å². The molecular formula is C58H46N2O4. The third-order valence-electron chi connectivity index (χ3n) is 12.7. The highest BCUT2D eigenvalue weighted by molar-refractivity contribution is 6.10. The molecule has 1 aliphatic carbocycles. The largest absolute Gasteiger partial charge is 0.505 e. The summed E-state index contributed by atoms with van der Waals surface area (Å²) in [4.78, 5) is 0. The minimum absolute atomic E-state index is 0.0127. The molecule has 0 amide bonds. The third kappa shape index (κ3) is 6.66. The normalized spacial score (nSPS) is 14.8. The molecule has 0 fully saturated rings. The summed E-state index contributed by atoms with van der Waals surface area (Å²) in [6.45, 7) is 4.94. The lowest BCUT2D eigenvalue weighted by atomic mass is 9.89. The van der Waals surface area contributed by atoms with Gasteiger partial charge in [-0.1, -0.05) is 133 Å². The van der Waals surface area contributed by atoms with E-state index in [4.69, 9.17) is 9.47 Å². The molecule has 0 saturated heterocycles. The van der Waals surface area contributed by atoms with Gasteiger partial charge in [-0.2, -0.15) is 0 Å². The van der Waals surface area contributed by atoms with Crippen molar-refractivity contribution in [2.24, 2.45) is 11.8 Å². The number of fused-ring (bicyclic) bond motifs is 6. The molecule has 11 rings (SSSR count). The van der Waals surface area contributed by atoms with E-state index in [0.717, 1.165) is 77.2 Å². The summed E-state index contributed by atoms with van der Waals surface area (Å²) < 4.78 is 17.8. The Morgan fingerprint density at radius 2 is 0.734 bits per heavy atom. The number of aromatic nitrogens is 2. The van der Waals surface area contributed by atoms with Crippen LogP contribution in [0.5, 0.6) is 23.0 Å². The van der Waals surface area contributed by atoms with Crippen LogP contribution in [0.15, 0.2) is 194 Å². The van der Waals surface area contributed by atoms with Crippen LogP contribution in [0.3, 0.4) is 0 Å². The van der Waals surface area contributed by atoms with Crippen LogP contribution >= 0.6 is 0 Å². The Labute approximate surface area is 371 Å². The number of aromatic hydroxyl groups is 2. The van der Waals surface area contributed by atoms with Crippen molar-refractivity contribution >= 4 is 43.6 Å². The average Bonchev–Trinajstić information content (AvgIpc) is 3.85. The van der Waals surface area contributed by atoms with Gasteiger partial charge in [0.15, 0.2) is 0 Å². The molecule has 0 radical (unpaired) electrons. The monoisotopic (exact) mass is 834 g/mol. The van der Waals surface area contributed by atoms with Crippen LogP contribution < -0.4 is 9.47 Å². The number of hydrogen-bond donors (Lipinski definition) is 2. The maximum absolute atomic E-state index is 12.2. The second-order valence-corrected chi connectivity index (χ2v) is 16.8. The van der Waals surface area contributed by atoms with Crippen molar-refractivity contribution in [1.82, 2.24) is 9.13 Å². The van der Waals surface area contributed by atoms with Gasteiger partial charge >= 0.3 is 0 Å². The average molecular weight is 835 g/mol. The van der Waals surface area contributed by atoms with Crippen molar-refractivity contribution in [2.75, 3.05) is 13.2 Å². The van der Waals surface area contributed by atoms with E-state index >= 15 is 0 Å². The highest BCUT2D eigenvalue weighted by Crippen LogP contribution is 2.45. The van der Waals surface area contributed by atoms with E-state index in [0.29, 0.717) is 35.8 Å². The number of phenols is 2. The molecular weight excluding hydrogens is 789 g/mol. The van der Waals surface area contributed by atoms with E-state index in [1.54, 1.807) is 0 Å². The zero-order valence-corrected chi connectivity index (χ0v) is 35.6. The second kappa shape index (κ2) is 16.1. The molecule has 2 atom stereocenters. The van der Waals surface area contributed by atoms with Crippen molar-refractivity contribution in [2.45, 2.75) is 13.8 Å². The summed E-state index contributed by atoms with van der Waals surface area (Å²) in [5.74, 6) is 1.80. The first-order chi connectivity index (χ1) is 31.4. The maximum Gasteiger partial charge on any atom is 0.147 e. The molecule has 8 aromatic carbocycles. The van der Waals surface area contributed by atoms with Gasteiger partial charge in [0.05, 0.1) is 46.7 Å². The van der Waals surface area contributed by atoms with Gasteiger partial charge in [-0.15, -0.1) is 0 Å². The van der Waals surface area contributed by atoms with E-state index in [-0.39, 0.29) is 23.3 Å². The first kappa shape index (κ1) is 38.9. The zero-order valence-electron chi connectivity index (χ0n) is 35.6. The predicted octanol–water partition coefficient (Wildman–Crippen LogP) is 14.1. The number of ether oxygens (including phenoxy) is 2. The van der Waals surface area contributed by atoms with Gasteiger partial charge in [0, 0.05) is 55.6 Å². The van der Waals surface area contributed by atoms with E-state index in [1.807, 2.05) is 97.1 Å². The summed E-state index contributed by atoms with van der Waals surface area (Å²) >= 11 is 0. The van der Waals surface area contributed by atoms with E-state index in [2.05, 4.69) is 120 Å². The number of benzene rings is 8. The third-order valence-corrected chi connectivity index (χ3v) is 12.7. The first-order valence-electron chi connectivity index (χ1n) is 21.9. The van der Waals surface area contributed by atoms with Crippen LogP contribution in [-0.2, 0) is 0 Å². The fraction of sp³-hybridized carbons (Fsp3) is 0.103. The molecule has 2 N–H and O–H groups in total. The summed E-state index contributed by atoms with van der Waals surface area (Å²) in [5.41, 5.74) is 10.7. The summed E-state index contributed by atoms with van der Waals surface area (Å²) in [6, 6.07) is 57.4. The molecule has 2 unspecified atom stereocenters. The summed E-state index contributed by atoms with van der Waals surface area (Å²) in [6.07, 6.45) is 8.49. The fourth-order valence-corrected chi connectivity index (χ4v) is 9.69. The number of nitrogens with zero attached hydrogens (tertiary/aromatic N) is 2. The Balaban J connectivity index is 0.871. The topological polar surface area (TPSA) is 68.8 Å². The van der Waals surface area contributed by atoms with E-state index in [1.165, 1.54) is 0 Å². The van der Waals surface area contributed by atoms with Gasteiger partial charge in [0.25, 0.3) is 0 Å². The summed E-state index contributed by atoms with van der Waals surface area (Å²) in [7, 11) is 0. The number of rotatable bonds is 10. The lowest BCUT2D eigenvalue weighted by Gasteiger charge is -2.26. The SMILES string of the molecule is Cc1cc(-c2ccccc2OCC2C=CC=CC2COc2ccccc2-c2cc(C)cc(-n3c4ccccc4c4ccccc43)c2O)c(O)c(-n2c3ccccc3c3ccccc32)c1. The molecule has 0 spiro atoms. The quantitative estimate of drug-likeness (QED) is 0.144. The number of allylic oxidation sites excluding steroid dienone is 2. The van der Waals surface area contributed by atoms with Crippen molar-refractivity contribution < 1.29 is 19.7 Å². The number of aryl methyl sites for hydroxylation is 2. The van der Waals surface area contributed by atoms with Crippen molar-refractivity contribution in [1.29, 1.82) is 0 Å². The van der Waals surface area contributed by atoms with Gasteiger partial charge in [-0.25, -0.2) is 0 Å². The molecule has 2 aromatic heterocycles. The fourth-order valence-electron chi connectivity index (χ4n) is 9.69. The standard InChI is InChI=1S/C58H46N2O4/c1-37-31-47(57(61)53(33-37)59-49-25-11-5-19-41(49)42-20-6-12-26-50(42)59)45-23-9-15-29-55(45)63-35-39-17-3-4-18-40(39)36-64-56-30-16-10-24-46(56)48-32-38(2)34-54(58(48)62)60-51-27-13-7-21-43(51)44-22-8-14-28-52(44)60/h3-34,39-40,61-62H,35-36H2,1-2H3. The smallest absolute Gasteiger partial charge is 0.147 e. The number of phenolic OH excluding ortho intramolecular Hbond substituents is 2. The maximum atomic E-state index is 12.2. The van der Waals surface area contributed by atoms with E-state index in [9.17, 15) is 10.2 Å². The van der Waals surface area contributed by atoms with Gasteiger partial charge in [0.2, 0.25) is 0 Å². The molecule has 0 bridgehead atoms. The highest BCUT2D eigenvalue weighted by Gasteiger charge is 2.25. The number of hydrogen-bond acceptors (Lipinski definition) is 4. The summed E-state index contributed by atoms with van der Waals surface area (Å²) in [5, 5.41) is 28.9. The second-order valence-electron chi connectivity index (χ2n) is 16.8. The Morgan fingerprint density at radius 1 is 0.406 bits per heavy atom. The van der Waals surface area contributed by atoms with Crippen molar-refractivity contribution in [3.63, 3.8) is 0 Å². The number of para-hydroxylation sites is 6. The first-order valence-corrected chi connectivity index (χ1v) is 21.9. The Bertz CT molecular complexity index is 3140. The molecule has 6 nitrogen and oxygen atoms in total. The molecule has 6 heteroatoms.